The first-order valence-corrected chi connectivity index (χ1v) is 9.83. The molecular weight excluding hydrogens is 359 g/mol. The summed E-state index contributed by atoms with van der Waals surface area (Å²) in [5.41, 5.74) is 0.830. The Morgan fingerprint density at radius 1 is 1.07 bits per heavy atom. The van der Waals surface area contributed by atoms with Crippen molar-refractivity contribution < 1.29 is 18.4 Å². The molecule has 0 radical (unpaired) electrons. The van der Waals surface area contributed by atoms with Crippen molar-refractivity contribution in [2.75, 3.05) is 6.54 Å². The summed E-state index contributed by atoms with van der Waals surface area (Å²) in [5.74, 6) is 1.06. The maximum absolute atomic E-state index is 13.2. The zero-order chi connectivity index (χ0) is 20.1. The summed E-state index contributed by atoms with van der Waals surface area (Å²) in [4.78, 5) is 28.9. The van der Waals surface area contributed by atoms with Crippen LogP contribution in [0, 0.1) is 12.7 Å². The number of nitrogens with zero attached hydrogens (tertiary/aromatic N) is 2. The largest absolute Gasteiger partial charge is 0.464 e. The first-order valence-electron chi connectivity index (χ1n) is 9.83. The fourth-order valence-corrected chi connectivity index (χ4v) is 3.21. The third kappa shape index (κ3) is 5.44. The van der Waals surface area contributed by atoms with E-state index in [1.807, 2.05) is 26.0 Å². The normalized spacial score (nSPS) is 13.4. The van der Waals surface area contributed by atoms with Crippen LogP contribution in [0.3, 0.4) is 0 Å². The molecule has 3 rings (SSSR count). The fourth-order valence-electron chi connectivity index (χ4n) is 3.21. The second-order valence-electron chi connectivity index (χ2n) is 7.39. The molecule has 1 aromatic carbocycles. The average Bonchev–Trinajstić information content (AvgIpc) is 3.42. The van der Waals surface area contributed by atoms with Crippen LogP contribution in [0.5, 0.6) is 0 Å². The summed E-state index contributed by atoms with van der Waals surface area (Å²) in [5, 5.41) is 0. The van der Waals surface area contributed by atoms with Gasteiger partial charge in [-0.15, -0.1) is 0 Å². The average molecular weight is 386 g/mol. The van der Waals surface area contributed by atoms with Crippen LogP contribution in [0.1, 0.15) is 49.7 Å². The smallest absolute Gasteiger partial charge is 0.242 e. The number of carbonyl (C=O) groups excluding carboxylic acids is 2. The number of rotatable bonds is 9. The van der Waals surface area contributed by atoms with Gasteiger partial charge in [-0.25, -0.2) is 4.39 Å². The first-order chi connectivity index (χ1) is 13.5. The highest BCUT2D eigenvalue weighted by molar-refractivity contribution is 5.85. The number of hydrogen-bond donors (Lipinski definition) is 0. The van der Waals surface area contributed by atoms with E-state index in [9.17, 15) is 14.0 Å². The molecule has 0 saturated heterocycles. The van der Waals surface area contributed by atoms with Crippen molar-refractivity contribution in [3.8, 4) is 0 Å². The van der Waals surface area contributed by atoms with Crippen LogP contribution in [0.4, 0.5) is 4.39 Å². The van der Waals surface area contributed by atoms with Crippen molar-refractivity contribution in [2.45, 2.75) is 58.7 Å². The van der Waals surface area contributed by atoms with Gasteiger partial charge in [-0.3, -0.25) is 9.59 Å². The van der Waals surface area contributed by atoms with Crippen molar-refractivity contribution in [3.05, 3.63) is 59.3 Å². The minimum atomic E-state index is -0.312. The Balaban J connectivity index is 1.74. The molecule has 0 aliphatic heterocycles. The molecule has 150 valence electrons. The van der Waals surface area contributed by atoms with Crippen LogP contribution in [0.25, 0.3) is 0 Å². The number of halogens is 1. The Morgan fingerprint density at radius 3 is 2.36 bits per heavy atom. The lowest BCUT2D eigenvalue weighted by molar-refractivity contribution is -0.142. The summed E-state index contributed by atoms with van der Waals surface area (Å²) in [6, 6.07) is 10.0. The summed E-state index contributed by atoms with van der Waals surface area (Å²) in [6.45, 7) is 4.53. The third-order valence-electron chi connectivity index (χ3n) is 4.86. The number of amides is 2. The van der Waals surface area contributed by atoms with E-state index in [0.717, 1.165) is 30.6 Å². The molecule has 0 atom stereocenters. The molecule has 1 aliphatic carbocycles. The molecule has 1 fully saturated rings. The Kier molecular flexibility index (Phi) is 6.49. The molecule has 2 amide bonds. The number of carbonyl (C=O) groups is 2. The highest BCUT2D eigenvalue weighted by Crippen LogP contribution is 2.28. The summed E-state index contributed by atoms with van der Waals surface area (Å²) < 4.78 is 18.9. The molecule has 0 spiro atoms. The standard InChI is InChI=1S/C22H27FN2O3/c1-3-4-21(26)25(19-10-11-19)15-22(27)24(14-20-12-5-16(2)28-20)13-17-6-8-18(23)9-7-17/h5-9,12,19H,3-4,10-11,13-15H2,1-2H3. The van der Waals surface area contributed by atoms with Gasteiger partial charge in [-0.1, -0.05) is 19.1 Å². The van der Waals surface area contributed by atoms with Gasteiger partial charge in [0.15, 0.2) is 0 Å². The number of hydrogen-bond acceptors (Lipinski definition) is 3. The van der Waals surface area contributed by atoms with Crippen LogP contribution in [-0.2, 0) is 22.7 Å². The highest BCUT2D eigenvalue weighted by Gasteiger charge is 2.34. The topological polar surface area (TPSA) is 53.8 Å². The Bertz CT molecular complexity index is 811. The molecule has 1 saturated carbocycles. The van der Waals surface area contributed by atoms with Crippen LogP contribution >= 0.6 is 0 Å². The van der Waals surface area contributed by atoms with Gasteiger partial charge in [0.2, 0.25) is 11.8 Å². The van der Waals surface area contributed by atoms with Crippen LogP contribution in [0.2, 0.25) is 0 Å². The quantitative estimate of drug-likeness (QED) is 0.653. The maximum atomic E-state index is 13.2. The van der Waals surface area contributed by atoms with Crippen molar-refractivity contribution >= 4 is 11.8 Å². The maximum Gasteiger partial charge on any atom is 0.242 e. The molecule has 5 nitrogen and oxygen atoms in total. The minimum Gasteiger partial charge on any atom is -0.464 e. The van der Waals surface area contributed by atoms with E-state index in [4.69, 9.17) is 4.42 Å². The summed E-state index contributed by atoms with van der Waals surface area (Å²) in [6.07, 6.45) is 3.14. The molecule has 6 heteroatoms. The highest BCUT2D eigenvalue weighted by atomic mass is 19.1. The van der Waals surface area contributed by atoms with Crippen LogP contribution < -0.4 is 0 Å². The van der Waals surface area contributed by atoms with E-state index < -0.39 is 0 Å². The van der Waals surface area contributed by atoms with Gasteiger partial charge in [0.25, 0.3) is 0 Å². The SMILES string of the molecule is CCCC(=O)N(CC(=O)N(Cc1ccc(F)cc1)Cc1ccc(C)o1)C1CC1. The first kappa shape index (κ1) is 20.1. The molecular formula is C22H27FN2O3. The van der Waals surface area contributed by atoms with E-state index in [-0.39, 0.29) is 30.2 Å². The number of furan rings is 1. The monoisotopic (exact) mass is 386 g/mol. The number of benzene rings is 1. The molecule has 28 heavy (non-hydrogen) atoms. The fraction of sp³-hybridized carbons (Fsp3) is 0.455. The Hall–Kier alpha value is -2.63. The second-order valence-corrected chi connectivity index (χ2v) is 7.39. The van der Waals surface area contributed by atoms with Crippen molar-refractivity contribution in [1.29, 1.82) is 0 Å². The van der Waals surface area contributed by atoms with Crippen LogP contribution in [0.15, 0.2) is 40.8 Å². The molecule has 1 aromatic heterocycles. The lowest BCUT2D eigenvalue weighted by atomic mass is 10.2. The van der Waals surface area contributed by atoms with Crippen molar-refractivity contribution in [2.24, 2.45) is 0 Å². The Labute approximate surface area is 165 Å². The molecule has 1 aliphatic rings. The number of aryl methyl sites for hydroxylation is 1. The van der Waals surface area contributed by atoms with Gasteiger partial charge in [-0.05, 0) is 56.0 Å². The molecule has 0 unspecified atom stereocenters. The van der Waals surface area contributed by atoms with Gasteiger partial charge < -0.3 is 14.2 Å². The van der Waals surface area contributed by atoms with Gasteiger partial charge in [0.1, 0.15) is 23.9 Å². The van der Waals surface area contributed by atoms with Crippen LogP contribution in [-0.4, -0.2) is 34.2 Å². The summed E-state index contributed by atoms with van der Waals surface area (Å²) >= 11 is 0. The Morgan fingerprint density at radius 2 is 1.79 bits per heavy atom. The van der Waals surface area contributed by atoms with E-state index in [1.165, 1.54) is 12.1 Å². The third-order valence-corrected chi connectivity index (χ3v) is 4.86. The minimum absolute atomic E-state index is 0.0360. The predicted octanol–water partition coefficient (Wildman–Crippen LogP) is 4.05. The van der Waals surface area contributed by atoms with Gasteiger partial charge >= 0.3 is 0 Å². The zero-order valence-corrected chi connectivity index (χ0v) is 16.5. The molecule has 1 heterocycles. The van der Waals surface area contributed by atoms with Gasteiger partial charge in [0.05, 0.1) is 6.54 Å². The molecule has 2 aromatic rings. The molecule has 0 N–H and O–H groups in total. The van der Waals surface area contributed by atoms with E-state index in [0.29, 0.717) is 25.3 Å². The summed E-state index contributed by atoms with van der Waals surface area (Å²) in [7, 11) is 0. The van der Waals surface area contributed by atoms with Crippen molar-refractivity contribution in [1.82, 2.24) is 9.80 Å². The molecule has 0 bridgehead atoms. The second kappa shape index (κ2) is 9.04. The van der Waals surface area contributed by atoms with Gasteiger partial charge in [-0.2, -0.15) is 0 Å². The lowest BCUT2D eigenvalue weighted by Gasteiger charge is -2.27. The predicted molar refractivity (Wildman–Crippen MR) is 104 cm³/mol. The van der Waals surface area contributed by atoms with Gasteiger partial charge in [0, 0.05) is 19.0 Å². The lowest BCUT2D eigenvalue weighted by Crippen LogP contribution is -2.43. The van der Waals surface area contributed by atoms with E-state index in [1.54, 1.807) is 21.9 Å². The van der Waals surface area contributed by atoms with Crippen molar-refractivity contribution in [3.63, 3.8) is 0 Å². The van der Waals surface area contributed by atoms with E-state index in [2.05, 4.69) is 0 Å². The zero-order valence-electron chi connectivity index (χ0n) is 16.5. The van der Waals surface area contributed by atoms with E-state index >= 15 is 0 Å².